The van der Waals surface area contributed by atoms with Gasteiger partial charge in [-0.05, 0) is 6.07 Å². The zero-order valence-electron chi connectivity index (χ0n) is 10.4. The summed E-state index contributed by atoms with van der Waals surface area (Å²) in [6, 6.07) is 1.77. The zero-order valence-corrected chi connectivity index (χ0v) is 10.4. The highest BCUT2D eigenvalue weighted by Gasteiger charge is 2.07. The van der Waals surface area contributed by atoms with Gasteiger partial charge in [0.2, 0.25) is 17.8 Å². The second-order valence-electron chi connectivity index (χ2n) is 3.63. The lowest BCUT2D eigenvalue weighted by Crippen LogP contribution is -2.18. The summed E-state index contributed by atoms with van der Waals surface area (Å²) >= 11 is 0. The van der Waals surface area contributed by atoms with Crippen LogP contribution in [0.15, 0.2) is 18.5 Å². The van der Waals surface area contributed by atoms with E-state index in [1.54, 1.807) is 25.5 Å². The summed E-state index contributed by atoms with van der Waals surface area (Å²) in [6.45, 7) is 0.362. The van der Waals surface area contributed by atoms with Crippen molar-refractivity contribution in [1.29, 1.82) is 0 Å². The van der Waals surface area contributed by atoms with Gasteiger partial charge in [-0.15, -0.1) is 0 Å². The van der Waals surface area contributed by atoms with Gasteiger partial charge in [0.15, 0.2) is 0 Å². The number of rotatable bonds is 6. The van der Waals surface area contributed by atoms with Crippen molar-refractivity contribution >= 4 is 17.8 Å². The Morgan fingerprint density at radius 1 is 1.37 bits per heavy atom. The van der Waals surface area contributed by atoms with Crippen molar-refractivity contribution in [3.8, 4) is 5.95 Å². The van der Waals surface area contributed by atoms with Crippen molar-refractivity contribution in [2.45, 2.75) is 6.42 Å². The summed E-state index contributed by atoms with van der Waals surface area (Å²) in [5.41, 5.74) is 5.06. The minimum Gasteiger partial charge on any atom is -0.370 e. The largest absolute Gasteiger partial charge is 0.370 e. The predicted octanol–water partition coefficient (Wildman–Crippen LogP) is -0.614. The van der Waals surface area contributed by atoms with Crippen molar-refractivity contribution in [1.82, 2.24) is 24.7 Å². The fourth-order valence-electron chi connectivity index (χ4n) is 1.34. The van der Waals surface area contributed by atoms with Gasteiger partial charge in [-0.3, -0.25) is 4.79 Å². The first kappa shape index (κ1) is 12.7. The normalized spacial score (nSPS) is 10.2. The molecule has 4 N–H and O–H groups in total. The van der Waals surface area contributed by atoms with Gasteiger partial charge in [0.1, 0.15) is 0 Å². The first-order chi connectivity index (χ1) is 9.19. The summed E-state index contributed by atoms with van der Waals surface area (Å²) in [5, 5.41) is 9.79. The Labute approximate surface area is 109 Å². The molecule has 0 unspecified atom stereocenters. The Morgan fingerprint density at radius 3 is 2.79 bits per heavy atom. The average molecular weight is 262 g/mol. The first-order valence-electron chi connectivity index (χ1n) is 5.65. The van der Waals surface area contributed by atoms with E-state index in [9.17, 15) is 4.79 Å². The molecular formula is C10H14N8O. The highest BCUT2D eigenvalue weighted by molar-refractivity contribution is 5.74. The average Bonchev–Trinajstić information content (AvgIpc) is 2.92. The van der Waals surface area contributed by atoms with E-state index in [1.165, 1.54) is 4.68 Å². The van der Waals surface area contributed by atoms with Crippen molar-refractivity contribution in [2.75, 3.05) is 24.2 Å². The number of carbonyl (C=O) groups excluding carboxylic acids is 1. The number of amides is 1. The van der Waals surface area contributed by atoms with E-state index in [1.807, 2.05) is 0 Å². The molecule has 0 aromatic carbocycles. The van der Waals surface area contributed by atoms with Crippen LogP contribution in [-0.2, 0) is 4.79 Å². The third-order valence-electron chi connectivity index (χ3n) is 2.21. The Hall–Kier alpha value is -2.71. The van der Waals surface area contributed by atoms with Crippen LogP contribution >= 0.6 is 0 Å². The topological polar surface area (TPSA) is 124 Å². The maximum absolute atomic E-state index is 10.7. The SMILES string of the molecule is CNc1nc(NCCC(N)=O)nc(-n2cccn2)n1. The highest BCUT2D eigenvalue weighted by atomic mass is 16.1. The highest BCUT2D eigenvalue weighted by Crippen LogP contribution is 2.08. The lowest BCUT2D eigenvalue weighted by Gasteiger charge is -2.07. The van der Waals surface area contributed by atoms with Gasteiger partial charge in [0.05, 0.1) is 0 Å². The lowest BCUT2D eigenvalue weighted by atomic mass is 10.4. The third-order valence-corrected chi connectivity index (χ3v) is 2.21. The number of hydrogen-bond acceptors (Lipinski definition) is 7. The molecule has 0 spiro atoms. The first-order valence-corrected chi connectivity index (χ1v) is 5.65. The summed E-state index contributed by atoms with van der Waals surface area (Å²) in [7, 11) is 1.70. The second kappa shape index (κ2) is 5.76. The maximum atomic E-state index is 10.7. The monoisotopic (exact) mass is 262 g/mol. The summed E-state index contributed by atoms with van der Waals surface area (Å²) in [4.78, 5) is 23.2. The van der Waals surface area contributed by atoms with E-state index >= 15 is 0 Å². The van der Waals surface area contributed by atoms with E-state index in [4.69, 9.17) is 5.73 Å². The molecule has 0 aliphatic carbocycles. The smallest absolute Gasteiger partial charge is 0.257 e. The number of anilines is 2. The molecule has 0 bridgehead atoms. The van der Waals surface area contributed by atoms with Gasteiger partial charge in [-0.1, -0.05) is 0 Å². The molecule has 2 rings (SSSR count). The van der Waals surface area contributed by atoms with Crippen LogP contribution in [0.5, 0.6) is 0 Å². The number of nitrogens with two attached hydrogens (primary N) is 1. The zero-order chi connectivity index (χ0) is 13.7. The Kier molecular flexibility index (Phi) is 3.86. The van der Waals surface area contributed by atoms with Crippen molar-refractivity contribution in [3.05, 3.63) is 18.5 Å². The van der Waals surface area contributed by atoms with Crippen LogP contribution in [-0.4, -0.2) is 44.2 Å². The second-order valence-corrected chi connectivity index (χ2v) is 3.63. The molecule has 2 heterocycles. The summed E-state index contributed by atoms with van der Waals surface area (Å²) in [5.74, 6) is 0.752. The Balaban J connectivity index is 2.19. The van der Waals surface area contributed by atoms with Crippen LogP contribution in [0.2, 0.25) is 0 Å². The number of carbonyl (C=O) groups is 1. The number of nitrogens with one attached hydrogen (secondary N) is 2. The number of aromatic nitrogens is 5. The lowest BCUT2D eigenvalue weighted by molar-refractivity contribution is -0.117. The van der Waals surface area contributed by atoms with E-state index in [-0.39, 0.29) is 12.3 Å². The molecule has 2 aromatic heterocycles. The van der Waals surface area contributed by atoms with Crippen LogP contribution in [0.25, 0.3) is 5.95 Å². The molecule has 0 aliphatic heterocycles. The molecule has 1 amide bonds. The molecule has 0 saturated carbocycles. The van der Waals surface area contributed by atoms with Crippen molar-refractivity contribution < 1.29 is 4.79 Å². The Bertz CT molecular complexity index is 553. The molecule has 0 radical (unpaired) electrons. The minimum atomic E-state index is -0.386. The van der Waals surface area contributed by atoms with E-state index in [0.717, 1.165) is 0 Å². The quantitative estimate of drug-likeness (QED) is 0.634. The number of hydrogen-bond donors (Lipinski definition) is 3. The standard InChI is InChI=1S/C10H14N8O/c1-12-8-15-9(13-5-3-7(11)19)17-10(16-8)18-6-2-4-14-18/h2,4,6H,3,5H2,1H3,(H2,11,19)(H2,12,13,15,16,17). The minimum absolute atomic E-state index is 0.206. The van der Waals surface area contributed by atoms with Gasteiger partial charge >= 0.3 is 0 Å². The third kappa shape index (κ3) is 3.37. The van der Waals surface area contributed by atoms with Crippen molar-refractivity contribution in [2.24, 2.45) is 5.73 Å². The van der Waals surface area contributed by atoms with Gasteiger partial charge in [0.25, 0.3) is 5.95 Å². The molecule has 9 heteroatoms. The van der Waals surface area contributed by atoms with Crippen molar-refractivity contribution in [3.63, 3.8) is 0 Å². The van der Waals surface area contributed by atoms with Crippen LogP contribution in [0, 0.1) is 0 Å². The van der Waals surface area contributed by atoms with Crippen LogP contribution < -0.4 is 16.4 Å². The maximum Gasteiger partial charge on any atom is 0.257 e. The van der Waals surface area contributed by atoms with Gasteiger partial charge in [-0.2, -0.15) is 20.1 Å². The fraction of sp³-hybridized carbons (Fsp3) is 0.300. The number of nitrogens with zero attached hydrogens (tertiary/aromatic N) is 5. The molecule has 100 valence electrons. The Morgan fingerprint density at radius 2 is 2.16 bits per heavy atom. The van der Waals surface area contributed by atoms with Gasteiger partial charge in [-0.25, -0.2) is 4.68 Å². The van der Waals surface area contributed by atoms with E-state index in [2.05, 4.69) is 30.7 Å². The van der Waals surface area contributed by atoms with E-state index < -0.39 is 0 Å². The summed E-state index contributed by atoms with van der Waals surface area (Å²) in [6.07, 6.45) is 3.56. The molecule has 0 aliphatic rings. The van der Waals surface area contributed by atoms with E-state index in [0.29, 0.717) is 24.4 Å². The fourth-order valence-corrected chi connectivity index (χ4v) is 1.34. The number of primary amides is 1. The van der Waals surface area contributed by atoms with Crippen LogP contribution in [0.1, 0.15) is 6.42 Å². The van der Waals surface area contributed by atoms with Crippen LogP contribution in [0.3, 0.4) is 0 Å². The molecule has 0 saturated heterocycles. The van der Waals surface area contributed by atoms with Crippen LogP contribution in [0.4, 0.5) is 11.9 Å². The molecule has 2 aromatic rings. The molecule has 0 fully saturated rings. The summed E-state index contributed by atoms with van der Waals surface area (Å²) < 4.78 is 1.52. The predicted molar refractivity (Wildman–Crippen MR) is 68.8 cm³/mol. The van der Waals surface area contributed by atoms with Gasteiger partial charge in [0, 0.05) is 32.4 Å². The molecule has 19 heavy (non-hydrogen) atoms. The van der Waals surface area contributed by atoms with Gasteiger partial charge < -0.3 is 16.4 Å². The molecule has 9 nitrogen and oxygen atoms in total. The molecular weight excluding hydrogens is 248 g/mol. The molecule has 0 atom stereocenters.